The SMILES string of the molecule is C=C/C=C(\C=C/Cc1c(C#N)c2cc(S(=O)(=O)CCn3cccn3)ccc2n1C1CCC1)NC(=O)OC(C)C1CC1. The first-order valence-electron chi connectivity index (χ1n) is 14.0. The molecule has 2 aromatic heterocycles. The molecule has 10 heteroatoms. The van der Waals surface area contributed by atoms with E-state index < -0.39 is 15.9 Å². The van der Waals surface area contributed by atoms with Gasteiger partial charge in [0, 0.05) is 47.2 Å². The van der Waals surface area contributed by atoms with Crippen molar-refractivity contribution in [1.29, 1.82) is 5.26 Å². The van der Waals surface area contributed by atoms with Crippen molar-refractivity contribution in [3.63, 3.8) is 0 Å². The minimum atomic E-state index is -3.59. The maximum Gasteiger partial charge on any atom is 0.411 e. The summed E-state index contributed by atoms with van der Waals surface area (Å²) in [6.07, 6.45) is 15.4. The van der Waals surface area contributed by atoms with Gasteiger partial charge in [-0.3, -0.25) is 10.00 Å². The van der Waals surface area contributed by atoms with Crippen LogP contribution in [0.25, 0.3) is 10.9 Å². The van der Waals surface area contributed by atoms with Crippen molar-refractivity contribution in [1.82, 2.24) is 19.7 Å². The minimum absolute atomic E-state index is 0.0890. The van der Waals surface area contributed by atoms with Crippen molar-refractivity contribution in [3.05, 3.63) is 84.5 Å². The number of ether oxygens (including phenoxy) is 1. The Labute approximate surface area is 240 Å². The van der Waals surface area contributed by atoms with Gasteiger partial charge in [-0.1, -0.05) is 18.7 Å². The Balaban J connectivity index is 1.40. The quantitative estimate of drug-likeness (QED) is 0.282. The number of hydrogen-bond acceptors (Lipinski definition) is 6. The average Bonchev–Trinajstić information content (AvgIpc) is 3.56. The number of carbonyl (C=O) groups is 1. The van der Waals surface area contributed by atoms with E-state index in [0.717, 1.165) is 43.3 Å². The molecule has 5 rings (SSSR count). The number of allylic oxidation sites excluding steroid dienone is 4. The minimum Gasteiger partial charge on any atom is -0.446 e. The summed E-state index contributed by atoms with van der Waals surface area (Å²) in [5.41, 5.74) is 2.69. The number of carbonyl (C=O) groups excluding carboxylic acids is 1. The van der Waals surface area contributed by atoms with E-state index in [2.05, 4.69) is 27.6 Å². The van der Waals surface area contributed by atoms with Gasteiger partial charge in [0.15, 0.2) is 9.84 Å². The van der Waals surface area contributed by atoms with Crippen LogP contribution < -0.4 is 5.32 Å². The van der Waals surface area contributed by atoms with Crippen molar-refractivity contribution >= 4 is 26.8 Å². The summed E-state index contributed by atoms with van der Waals surface area (Å²) in [7, 11) is -3.59. The summed E-state index contributed by atoms with van der Waals surface area (Å²) in [5.74, 6) is 0.349. The third kappa shape index (κ3) is 6.46. The number of benzene rings is 1. The lowest BCUT2D eigenvalue weighted by atomic mass is 9.92. The maximum atomic E-state index is 13.2. The maximum absolute atomic E-state index is 13.2. The smallest absolute Gasteiger partial charge is 0.411 e. The summed E-state index contributed by atoms with van der Waals surface area (Å²) >= 11 is 0. The zero-order valence-corrected chi connectivity index (χ0v) is 24.0. The molecule has 0 saturated heterocycles. The van der Waals surface area contributed by atoms with Gasteiger partial charge in [-0.05, 0) is 81.4 Å². The highest BCUT2D eigenvalue weighted by atomic mass is 32.2. The number of nitrogens with zero attached hydrogens (tertiary/aromatic N) is 4. The Hall–Kier alpha value is -4.10. The molecule has 41 heavy (non-hydrogen) atoms. The standard InChI is InChI=1S/C31H35N5O4S/c1-3-7-24(34-31(37)40-22(2)23-12-13-23)8-4-11-29-28(21-32)27-20-26(14-15-30(27)36(29)25-9-5-10-25)41(38,39)19-18-35-17-6-16-33-35/h3-4,6-8,14-17,20,22-23,25H,1,5,9-13,18-19H2,2H3,(H,34,37)/b8-4-,24-7+. The molecule has 1 N–H and O–H groups in total. The number of sulfone groups is 1. The Kier molecular flexibility index (Phi) is 8.45. The van der Waals surface area contributed by atoms with Gasteiger partial charge in [-0.25, -0.2) is 13.2 Å². The fourth-order valence-corrected chi connectivity index (χ4v) is 6.47. The van der Waals surface area contributed by atoms with E-state index in [-0.39, 0.29) is 29.3 Å². The van der Waals surface area contributed by atoms with Gasteiger partial charge in [0.2, 0.25) is 0 Å². The normalized spacial score (nSPS) is 16.8. The molecule has 0 bridgehead atoms. The number of hydrogen-bond donors (Lipinski definition) is 1. The number of aryl methyl sites for hydroxylation is 1. The molecule has 2 fully saturated rings. The fourth-order valence-electron chi connectivity index (χ4n) is 5.23. The van der Waals surface area contributed by atoms with E-state index in [1.807, 2.05) is 19.1 Å². The average molecular weight is 574 g/mol. The van der Waals surface area contributed by atoms with E-state index in [1.165, 1.54) is 0 Å². The molecule has 2 aliphatic carbocycles. The third-order valence-electron chi connectivity index (χ3n) is 7.87. The van der Waals surface area contributed by atoms with Crippen LogP contribution in [-0.2, 0) is 27.5 Å². The number of fused-ring (bicyclic) bond motifs is 1. The van der Waals surface area contributed by atoms with Crippen LogP contribution in [0.2, 0.25) is 0 Å². The molecule has 2 saturated carbocycles. The Morgan fingerprint density at radius 3 is 2.76 bits per heavy atom. The highest BCUT2D eigenvalue weighted by molar-refractivity contribution is 7.91. The summed E-state index contributed by atoms with van der Waals surface area (Å²) in [6, 6.07) is 9.45. The Morgan fingerprint density at radius 2 is 2.12 bits per heavy atom. The molecule has 1 amide bonds. The number of nitriles is 1. The summed E-state index contributed by atoms with van der Waals surface area (Å²) in [6.45, 7) is 5.89. The van der Waals surface area contributed by atoms with Gasteiger partial charge in [-0.2, -0.15) is 10.4 Å². The lowest BCUT2D eigenvalue weighted by Crippen LogP contribution is -2.27. The molecule has 1 atom stereocenters. The van der Waals surface area contributed by atoms with Crippen LogP contribution in [0.5, 0.6) is 0 Å². The van der Waals surface area contributed by atoms with Gasteiger partial charge < -0.3 is 9.30 Å². The first-order valence-corrected chi connectivity index (χ1v) is 15.7. The van der Waals surface area contributed by atoms with Crippen LogP contribution in [0.15, 0.2) is 78.1 Å². The van der Waals surface area contributed by atoms with Crippen LogP contribution in [0.3, 0.4) is 0 Å². The van der Waals surface area contributed by atoms with Crippen molar-refractivity contribution in [2.45, 2.75) is 69.0 Å². The Bertz CT molecular complexity index is 1640. The lowest BCUT2D eigenvalue weighted by Gasteiger charge is -2.30. The number of nitrogens with one attached hydrogen (secondary N) is 1. The third-order valence-corrected chi connectivity index (χ3v) is 9.56. The van der Waals surface area contributed by atoms with E-state index in [4.69, 9.17) is 4.74 Å². The zero-order valence-electron chi connectivity index (χ0n) is 23.2. The number of rotatable bonds is 12. The van der Waals surface area contributed by atoms with E-state index in [0.29, 0.717) is 29.0 Å². The van der Waals surface area contributed by atoms with Crippen LogP contribution in [0, 0.1) is 17.2 Å². The predicted octanol–water partition coefficient (Wildman–Crippen LogP) is 5.60. The molecule has 0 aliphatic heterocycles. The zero-order chi connectivity index (χ0) is 29.0. The predicted molar refractivity (Wildman–Crippen MR) is 157 cm³/mol. The van der Waals surface area contributed by atoms with Crippen LogP contribution in [-0.4, -0.2) is 40.7 Å². The molecule has 0 spiro atoms. The highest BCUT2D eigenvalue weighted by Crippen LogP contribution is 2.39. The molecular weight excluding hydrogens is 538 g/mol. The molecule has 214 valence electrons. The van der Waals surface area contributed by atoms with Crippen LogP contribution >= 0.6 is 0 Å². The first kappa shape index (κ1) is 28.4. The molecule has 0 radical (unpaired) electrons. The topological polar surface area (TPSA) is 119 Å². The van der Waals surface area contributed by atoms with Crippen molar-refractivity contribution in [3.8, 4) is 6.07 Å². The van der Waals surface area contributed by atoms with Gasteiger partial charge in [-0.15, -0.1) is 0 Å². The summed E-state index contributed by atoms with van der Waals surface area (Å²) in [5, 5.41) is 17.7. The molecule has 3 aromatic rings. The fraction of sp³-hybridized carbons (Fsp3) is 0.387. The van der Waals surface area contributed by atoms with Gasteiger partial charge in [0.25, 0.3) is 0 Å². The monoisotopic (exact) mass is 573 g/mol. The van der Waals surface area contributed by atoms with Gasteiger partial charge >= 0.3 is 6.09 Å². The van der Waals surface area contributed by atoms with Crippen molar-refractivity contribution < 1.29 is 17.9 Å². The second kappa shape index (κ2) is 12.2. The number of amides is 1. The van der Waals surface area contributed by atoms with Crippen LogP contribution in [0.1, 0.15) is 56.3 Å². The second-order valence-electron chi connectivity index (χ2n) is 10.7. The molecular formula is C31H35N5O4S. The van der Waals surface area contributed by atoms with E-state index in [1.54, 1.807) is 53.5 Å². The lowest BCUT2D eigenvalue weighted by molar-refractivity contribution is 0.0980. The van der Waals surface area contributed by atoms with E-state index in [9.17, 15) is 18.5 Å². The van der Waals surface area contributed by atoms with Gasteiger partial charge in [0.05, 0.1) is 22.8 Å². The van der Waals surface area contributed by atoms with Gasteiger partial charge in [0.1, 0.15) is 12.2 Å². The van der Waals surface area contributed by atoms with Crippen molar-refractivity contribution in [2.75, 3.05) is 5.75 Å². The first-order chi connectivity index (χ1) is 19.8. The molecule has 2 heterocycles. The number of aromatic nitrogens is 3. The second-order valence-corrected chi connectivity index (χ2v) is 12.8. The Morgan fingerprint density at radius 1 is 1.32 bits per heavy atom. The van der Waals surface area contributed by atoms with Crippen molar-refractivity contribution in [2.24, 2.45) is 5.92 Å². The molecule has 1 aromatic carbocycles. The highest BCUT2D eigenvalue weighted by Gasteiger charge is 2.31. The largest absolute Gasteiger partial charge is 0.446 e. The molecule has 9 nitrogen and oxygen atoms in total. The van der Waals surface area contributed by atoms with E-state index >= 15 is 0 Å². The number of alkyl carbamates (subject to hydrolysis) is 1. The van der Waals surface area contributed by atoms with Crippen LogP contribution in [0.4, 0.5) is 4.79 Å². The summed E-state index contributed by atoms with van der Waals surface area (Å²) in [4.78, 5) is 12.6. The molecule has 1 unspecified atom stereocenters. The molecule has 2 aliphatic rings. The summed E-state index contributed by atoms with van der Waals surface area (Å²) < 4.78 is 35.6.